The van der Waals surface area contributed by atoms with Crippen LogP contribution in [0.25, 0.3) is 0 Å². The number of amides is 1. The third-order valence-electron chi connectivity index (χ3n) is 2.73. The molecular weight excluding hydrogens is 182 g/mol. The van der Waals surface area contributed by atoms with E-state index in [2.05, 4.69) is 5.32 Å². The molecule has 1 aliphatic carbocycles. The minimum Gasteiger partial charge on any atom is -0.437 e. The molecule has 1 atom stereocenters. The molecule has 1 saturated carbocycles. The summed E-state index contributed by atoms with van der Waals surface area (Å²) in [6.07, 6.45) is 1.30. The number of nitrogens with one attached hydrogen (secondary N) is 1. The van der Waals surface area contributed by atoms with Crippen LogP contribution in [0.3, 0.4) is 0 Å². The number of ether oxygens (including phenoxy) is 1. The van der Waals surface area contributed by atoms with Crippen LogP contribution >= 0.6 is 0 Å². The summed E-state index contributed by atoms with van der Waals surface area (Å²) in [5.74, 6) is -0.263. The number of hydrogen-bond acceptors (Lipinski definition) is 3. The van der Waals surface area contributed by atoms with Gasteiger partial charge in [0, 0.05) is 5.57 Å². The number of carbonyl (C=O) groups is 2. The normalized spacial score (nSPS) is 26.4. The Bertz CT molecular complexity index is 328. The van der Waals surface area contributed by atoms with Crippen LogP contribution in [0.15, 0.2) is 11.1 Å². The third-order valence-corrected chi connectivity index (χ3v) is 2.73. The first-order valence-corrected chi connectivity index (χ1v) is 4.78. The lowest BCUT2D eigenvalue weighted by Crippen LogP contribution is -2.33. The summed E-state index contributed by atoms with van der Waals surface area (Å²) < 4.78 is 5.16. The molecule has 4 nitrogen and oxygen atoms in total. The molecule has 0 aromatic heterocycles. The standard InChI is InChI=1S/C10H13NO3/c1-5-6(2)9(11-8(5)12)14-10(13)7-3-4-7/h7,9H,3-4H2,1-2H3,(H,11,12). The lowest BCUT2D eigenvalue weighted by atomic mass is 10.2. The largest absolute Gasteiger partial charge is 0.437 e. The second-order valence-corrected chi connectivity index (χ2v) is 3.87. The molecule has 4 heteroatoms. The molecule has 14 heavy (non-hydrogen) atoms. The Kier molecular flexibility index (Phi) is 2.06. The highest BCUT2D eigenvalue weighted by atomic mass is 16.6. The number of esters is 1. The molecule has 76 valence electrons. The van der Waals surface area contributed by atoms with E-state index in [1.807, 2.05) is 0 Å². The predicted octanol–water partition coefficient (Wildman–Crippen LogP) is 0.732. The van der Waals surface area contributed by atoms with Crippen molar-refractivity contribution in [2.75, 3.05) is 0 Å². The van der Waals surface area contributed by atoms with Crippen LogP contribution in [-0.2, 0) is 14.3 Å². The maximum absolute atomic E-state index is 11.3. The van der Waals surface area contributed by atoms with Gasteiger partial charge in [0.1, 0.15) is 0 Å². The second kappa shape index (κ2) is 3.12. The predicted molar refractivity (Wildman–Crippen MR) is 49.1 cm³/mol. The van der Waals surface area contributed by atoms with E-state index in [9.17, 15) is 9.59 Å². The SMILES string of the molecule is CC1=C(C)C(OC(=O)C2CC2)NC1=O. The van der Waals surface area contributed by atoms with E-state index >= 15 is 0 Å². The smallest absolute Gasteiger partial charge is 0.311 e. The van der Waals surface area contributed by atoms with Crippen LogP contribution in [0.1, 0.15) is 26.7 Å². The van der Waals surface area contributed by atoms with Crippen molar-refractivity contribution >= 4 is 11.9 Å². The van der Waals surface area contributed by atoms with Crippen LogP contribution < -0.4 is 5.32 Å². The summed E-state index contributed by atoms with van der Waals surface area (Å²) in [5.41, 5.74) is 1.46. The van der Waals surface area contributed by atoms with E-state index in [-0.39, 0.29) is 17.8 Å². The second-order valence-electron chi connectivity index (χ2n) is 3.87. The zero-order chi connectivity index (χ0) is 10.3. The summed E-state index contributed by atoms with van der Waals surface area (Å²) in [4.78, 5) is 22.5. The molecule has 0 spiro atoms. The average molecular weight is 195 g/mol. The molecular formula is C10H13NO3. The zero-order valence-electron chi connectivity index (χ0n) is 8.29. The molecule has 1 amide bonds. The lowest BCUT2D eigenvalue weighted by Gasteiger charge is -2.13. The molecule has 2 rings (SSSR count). The monoisotopic (exact) mass is 195 g/mol. The van der Waals surface area contributed by atoms with Crippen LogP contribution in [0.5, 0.6) is 0 Å². The van der Waals surface area contributed by atoms with Gasteiger partial charge in [-0.1, -0.05) is 0 Å². The molecule has 0 aromatic rings. The van der Waals surface area contributed by atoms with E-state index in [1.54, 1.807) is 13.8 Å². The Morgan fingerprint density at radius 1 is 1.43 bits per heavy atom. The molecule has 1 aliphatic heterocycles. The van der Waals surface area contributed by atoms with Crippen molar-refractivity contribution in [1.82, 2.24) is 5.32 Å². The van der Waals surface area contributed by atoms with E-state index in [4.69, 9.17) is 4.74 Å². The topological polar surface area (TPSA) is 55.4 Å². The third kappa shape index (κ3) is 1.52. The average Bonchev–Trinajstić information content (AvgIpc) is 2.93. The Hall–Kier alpha value is -1.32. The fraction of sp³-hybridized carbons (Fsp3) is 0.600. The van der Waals surface area contributed by atoms with Crippen molar-refractivity contribution in [3.05, 3.63) is 11.1 Å². The van der Waals surface area contributed by atoms with Gasteiger partial charge < -0.3 is 10.1 Å². The van der Waals surface area contributed by atoms with E-state index in [0.29, 0.717) is 5.57 Å². The first kappa shape index (κ1) is 9.24. The van der Waals surface area contributed by atoms with Crippen LogP contribution in [-0.4, -0.2) is 18.1 Å². The van der Waals surface area contributed by atoms with Gasteiger partial charge in [-0.15, -0.1) is 0 Å². The minimum atomic E-state index is -0.532. The van der Waals surface area contributed by atoms with Gasteiger partial charge in [-0.2, -0.15) is 0 Å². The highest BCUT2D eigenvalue weighted by Crippen LogP contribution is 2.31. The van der Waals surface area contributed by atoms with Crippen LogP contribution in [0.4, 0.5) is 0 Å². The van der Waals surface area contributed by atoms with Crippen molar-refractivity contribution in [1.29, 1.82) is 0 Å². The van der Waals surface area contributed by atoms with Crippen molar-refractivity contribution < 1.29 is 14.3 Å². The van der Waals surface area contributed by atoms with E-state index in [1.165, 1.54) is 0 Å². The molecule has 2 aliphatic rings. The molecule has 0 radical (unpaired) electrons. The van der Waals surface area contributed by atoms with Crippen molar-refractivity contribution in [2.45, 2.75) is 32.9 Å². The molecule has 1 N–H and O–H groups in total. The van der Waals surface area contributed by atoms with Gasteiger partial charge in [-0.3, -0.25) is 9.59 Å². The Morgan fingerprint density at radius 2 is 2.07 bits per heavy atom. The number of hydrogen-bond donors (Lipinski definition) is 1. The Labute approximate surface area is 82.3 Å². The highest BCUT2D eigenvalue weighted by molar-refractivity contribution is 5.97. The van der Waals surface area contributed by atoms with Gasteiger partial charge >= 0.3 is 5.97 Å². The number of carbonyl (C=O) groups excluding carboxylic acids is 2. The fourth-order valence-corrected chi connectivity index (χ4v) is 1.36. The maximum Gasteiger partial charge on any atom is 0.311 e. The molecule has 0 aromatic carbocycles. The van der Waals surface area contributed by atoms with Gasteiger partial charge in [0.05, 0.1) is 5.92 Å². The summed E-state index contributed by atoms with van der Waals surface area (Å²) in [6, 6.07) is 0. The summed E-state index contributed by atoms with van der Waals surface area (Å²) in [5, 5.41) is 2.61. The summed E-state index contributed by atoms with van der Waals surface area (Å²) >= 11 is 0. The first-order valence-electron chi connectivity index (χ1n) is 4.78. The van der Waals surface area contributed by atoms with Crippen molar-refractivity contribution in [3.8, 4) is 0 Å². The fourth-order valence-electron chi connectivity index (χ4n) is 1.36. The van der Waals surface area contributed by atoms with Crippen molar-refractivity contribution in [3.63, 3.8) is 0 Å². The van der Waals surface area contributed by atoms with E-state index in [0.717, 1.165) is 18.4 Å². The molecule has 1 heterocycles. The summed E-state index contributed by atoms with van der Waals surface area (Å²) in [7, 11) is 0. The summed E-state index contributed by atoms with van der Waals surface area (Å²) in [6.45, 7) is 3.54. The van der Waals surface area contributed by atoms with Gasteiger partial charge in [0.2, 0.25) is 5.91 Å². The highest BCUT2D eigenvalue weighted by Gasteiger charge is 2.35. The lowest BCUT2D eigenvalue weighted by molar-refractivity contribution is -0.150. The first-order chi connectivity index (χ1) is 6.59. The van der Waals surface area contributed by atoms with Gasteiger partial charge in [-0.05, 0) is 32.3 Å². The van der Waals surface area contributed by atoms with Crippen LogP contribution in [0.2, 0.25) is 0 Å². The minimum absolute atomic E-state index is 0.0700. The Balaban J connectivity index is 2.00. The van der Waals surface area contributed by atoms with Gasteiger partial charge in [-0.25, -0.2) is 0 Å². The maximum atomic E-state index is 11.3. The number of rotatable bonds is 2. The van der Waals surface area contributed by atoms with Gasteiger partial charge in [0.25, 0.3) is 0 Å². The zero-order valence-corrected chi connectivity index (χ0v) is 8.29. The molecule has 1 unspecified atom stereocenters. The van der Waals surface area contributed by atoms with Crippen LogP contribution in [0, 0.1) is 5.92 Å². The molecule has 0 saturated heterocycles. The van der Waals surface area contributed by atoms with Crippen molar-refractivity contribution in [2.24, 2.45) is 5.92 Å². The molecule has 1 fully saturated rings. The Morgan fingerprint density at radius 3 is 2.50 bits per heavy atom. The molecule has 0 bridgehead atoms. The van der Waals surface area contributed by atoms with E-state index < -0.39 is 6.23 Å². The van der Waals surface area contributed by atoms with Gasteiger partial charge in [0.15, 0.2) is 6.23 Å². The quantitative estimate of drug-likeness (QED) is 0.661.